The van der Waals surface area contributed by atoms with Crippen LogP contribution in [0.5, 0.6) is 5.75 Å². The third-order valence-electron chi connectivity index (χ3n) is 4.69. The van der Waals surface area contributed by atoms with Gasteiger partial charge in [0.2, 0.25) is 5.91 Å². The van der Waals surface area contributed by atoms with Gasteiger partial charge < -0.3 is 20.7 Å². The Morgan fingerprint density at radius 1 is 1.15 bits per heavy atom. The van der Waals surface area contributed by atoms with E-state index < -0.39 is 12.0 Å². The number of nitrogens with two attached hydrogens (primary N) is 1. The largest absolute Gasteiger partial charge is 0.477 e. The van der Waals surface area contributed by atoms with Gasteiger partial charge in [-0.25, -0.2) is 0 Å². The normalized spacial score (nSPS) is 17.1. The summed E-state index contributed by atoms with van der Waals surface area (Å²) in [4.78, 5) is 26.1. The zero-order valence-electron chi connectivity index (χ0n) is 15.6. The van der Waals surface area contributed by atoms with Crippen molar-refractivity contribution >= 4 is 17.5 Å². The fraction of sp³-hybridized carbons (Fsp3) is 0.333. The lowest BCUT2D eigenvalue weighted by Crippen LogP contribution is -2.51. The molecule has 142 valence electrons. The topological polar surface area (TPSA) is 84.7 Å². The van der Waals surface area contributed by atoms with Gasteiger partial charge in [-0.1, -0.05) is 56.3 Å². The molecule has 6 nitrogen and oxygen atoms in total. The van der Waals surface area contributed by atoms with Crippen LogP contribution in [0.4, 0.5) is 5.69 Å². The first kappa shape index (κ1) is 18.9. The Labute approximate surface area is 159 Å². The van der Waals surface area contributed by atoms with Crippen LogP contribution in [0.15, 0.2) is 54.6 Å². The van der Waals surface area contributed by atoms with Crippen LogP contribution in [0.1, 0.15) is 25.5 Å². The van der Waals surface area contributed by atoms with E-state index in [1.165, 1.54) is 0 Å². The van der Waals surface area contributed by atoms with Gasteiger partial charge in [0.1, 0.15) is 5.75 Å². The molecular weight excluding hydrogens is 342 g/mol. The van der Waals surface area contributed by atoms with E-state index in [1.807, 2.05) is 30.3 Å². The van der Waals surface area contributed by atoms with E-state index in [2.05, 4.69) is 31.3 Å². The molecule has 0 saturated carbocycles. The number of benzene rings is 2. The number of primary amides is 1. The predicted molar refractivity (Wildman–Crippen MR) is 104 cm³/mol. The summed E-state index contributed by atoms with van der Waals surface area (Å²) in [7, 11) is 0. The number of carbonyl (C=O) groups excluding carboxylic acids is 2. The summed E-state index contributed by atoms with van der Waals surface area (Å²) in [6.45, 7) is 4.49. The van der Waals surface area contributed by atoms with E-state index in [-0.39, 0.29) is 25.0 Å². The van der Waals surface area contributed by atoms with Crippen molar-refractivity contribution < 1.29 is 14.3 Å². The van der Waals surface area contributed by atoms with E-state index in [9.17, 15) is 9.59 Å². The SMILES string of the molecule is CC(C)[C@@H](NCC(=O)N1C[C@@H](C(N)=O)Oc2ccccc21)c1ccccc1. The van der Waals surface area contributed by atoms with Crippen LogP contribution in [-0.4, -0.2) is 31.0 Å². The summed E-state index contributed by atoms with van der Waals surface area (Å²) in [6.07, 6.45) is -0.848. The van der Waals surface area contributed by atoms with Crippen molar-refractivity contribution in [2.75, 3.05) is 18.0 Å². The highest BCUT2D eigenvalue weighted by atomic mass is 16.5. The summed E-state index contributed by atoms with van der Waals surface area (Å²) in [5.74, 6) is 0.0955. The number of rotatable bonds is 6. The van der Waals surface area contributed by atoms with Gasteiger partial charge in [0.05, 0.1) is 18.8 Å². The summed E-state index contributed by atoms with van der Waals surface area (Å²) in [5.41, 5.74) is 7.20. The lowest BCUT2D eigenvalue weighted by Gasteiger charge is -2.34. The molecule has 27 heavy (non-hydrogen) atoms. The molecule has 2 atom stereocenters. The van der Waals surface area contributed by atoms with Gasteiger partial charge in [-0.2, -0.15) is 0 Å². The first-order valence-corrected chi connectivity index (χ1v) is 9.11. The first-order chi connectivity index (χ1) is 13.0. The molecule has 0 fully saturated rings. The van der Waals surface area contributed by atoms with E-state index in [4.69, 9.17) is 10.5 Å². The Kier molecular flexibility index (Phi) is 5.76. The Morgan fingerprint density at radius 2 is 1.81 bits per heavy atom. The molecule has 1 heterocycles. The van der Waals surface area contributed by atoms with E-state index in [0.29, 0.717) is 17.4 Å². The first-order valence-electron chi connectivity index (χ1n) is 9.11. The number of anilines is 1. The Balaban J connectivity index is 1.76. The predicted octanol–water partition coefficient (Wildman–Crippen LogP) is 2.25. The smallest absolute Gasteiger partial charge is 0.260 e. The van der Waals surface area contributed by atoms with Crippen LogP contribution in [0.25, 0.3) is 0 Å². The average Bonchev–Trinajstić information content (AvgIpc) is 2.67. The highest BCUT2D eigenvalue weighted by molar-refractivity contribution is 5.98. The molecule has 0 aromatic heterocycles. The van der Waals surface area contributed by atoms with Crippen LogP contribution in [0.3, 0.4) is 0 Å². The number of fused-ring (bicyclic) bond motifs is 1. The third-order valence-corrected chi connectivity index (χ3v) is 4.69. The molecule has 2 aromatic rings. The third kappa shape index (κ3) is 4.28. The number of hydrogen-bond donors (Lipinski definition) is 2. The maximum absolute atomic E-state index is 12.9. The van der Waals surface area contributed by atoms with Crippen LogP contribution < -0.4 is 20.7 Å². The van der Waals surface area contributed by atoms with Gasteiger partial charge in [-0.05, 0) is 23.6 Å². The average molecular weight is 367 g/mol. The number of para-hydroxylation sites is 2. The Bertz CT molecular complexity index is 807. The van der Waals surface area contributed by atoms with Gasteiger partial charge in [-0.3, -0.25) is 9.59 Å². The minimum Gasteiger partial charge on any atom is -0.477 e. The molecule has 0 unspecified atom stereocenters. The molecule has 0 saturated heterocycles. The number of amides is 2. The molecule has 2 amide bonds. The molecule has 6 heteroatoms. The molecule has 3 N–H and O–H groups in total. The van der Waals surface area contributed by atoms with Crippen molar-refractivity contribution in [3.05, 3.63) is 60.2 Å². The van der Waals surface area contributed by atoms with Crippen molar-refractivity contribution in [3.8, 4) is 5.75 Å². The highest BCUT2D eigenvalue weighted by Crippen LogP contribution is 2.33. The summed E-state index contributed by atoms with van der Waals surface area (Å²) in [5, 5.41) is 3.36. The molecule has 0 spiro atoms. The van der Waals surface area contributed by atoms with Gasteiger partial charge >= 0.3 is 0 Å². The van der Waals surface area contributed by atoms with Gasteiger partial charge in [0.25, 0.3) is 5.91 Å². The maximum Gasteiger partial charge on any atom is 0.260 e. The summed E-state index contributed by atoms with van der Waals surface area (Å²) < 4.78 is 5.62. The minimum absolute atomic E-state index is 0.0540. The van der Waals surface area contributed by atoms with Crippen LogP contribution in [0, 0.1) is 5.92 Å². The van der Waals surface area contributed by atoms with Gasteiger partial charge in [0.15, 0.2) is 6.10 Å². The number of hydrogen-bond acceptors (Lipinski definition) is 4. The molecule has 1 aliphatic heterocycles. The van der Waals surface area contributed by atoms with Crippen molar-refractivity contribution in [3.63, 3.8) is 0 Å². The number of nitrogens with one attached hydrogen (secondary N) is 1. The van der Waals surface area contributed by atoms with E-state index in [1.54, 1.807) is 17.0 Å². The summed E-state index contributed by atoms with van der Waals surface area (Å²) in [6, 6.07) is 17.3. The zero-order chi connectivity index (χ0) is 19.4. The second kappa shape index (κ2) is 8.22. The number of carbonyl (C=O) groups is 2. The molecule has 2 aromatic carbocycles. The number of nitrogens with zero attached hydrogens (tertiary/aromatic N) is 1. The molecule has 0 aliphatic carbocycles. The minimum atomic E-state index is -0.848. The molecule has 3 rings (SSSR count). The van der Waals surface area contributed by atoms with Crippen LogP contribution >= 0.6 is 0 Å². The van der Waals surface area contributed by atoms with Gasteiger partial charge in [0, 0.05) is 6.04 Å². The highest BCUT2D eigenvalue weighted by Gasteiger charge is 2.32. The number of ether oxygens (including phenoxy) is 1. The van der Waals surface area contributed by atoms with Crippen molar-refractivity contribution in [2.24, 2.45) is 11.7 Å². The monoisotopic (exact) mass is 367 g/mol. The lowest BCUT2D eigenvalue weighted by atomic mass is 9.96. The van der Waals surface area contributed by atoms with Gasteiger partial charge in [-0.15, -0.1) is 0 Å². The summed E-state index contributed by atoms with van der Waals surface area (Å²) >= 11 is 0. The van der Waals surface area contributed by atoms with Crippen LogP contribution in [0.2, 0.25) is 0 Å². The van der Waals surface area contributed by atoms with Crippen molar-refractivity contribution in [1.82, 2.24) is 5.32 Å². The quantitative estimate of drug-likeness (QED) is 0.820. The fourth-order valence-corrected chi connectivity index (χ4v) is 3.31. The van der Waals surface area contributed by atoms with Crippen LogP contribution in [-0.2, 0) is 9.59 Å². The molecule has 0 radical (unpaired) electrons. The standard InChI is InChI=1S/C21H25N3O3/c1-14(2)20(15-8-4-3-5-9-15)23-12-19(25)24-13-18(21(22)26)27-17-11-7-6-10-16(17)24/h3-11,14,18,20,23H,12-13H2,1-2H3,(H2,22,26)/t18-,20+/m0/s1. The Morgan fingerprint density at radius 3 is 2.48 bits per heavy atom. The Hall–Kier alpha value is -2.86. The zero-order valence-corrected chi connectivity index (χ0v) is 15.6. The maximum atomic E-state index is 12.9. The van der Waals surface area contributed by atoms with E-state index >= 15 is 0 Å². The second-order valence-electron chi connectivity index (χ2n) is 6.99. The fourth-order valence-electron chi connectivity index (χ4n) is 3.31. The molecule has 0 bridgehead atoms. The second-order valence-corrected chi connectivity index (χ2v) is 6.99. The molecule has 1 aliphatic rings. The van der Waals surface area contributed by atoms with E-state index in [0.717, 1.165) is 5.56 Å². The lowest BCUT2D eigenvalue weighted by molar-refractivity contribution is -0.125. The van der Waals surface area contributed by atoms with Crippen molar-refractivity contribution in [1.29, 1.82) is 0 Å². The van der Waals surface area contributed by atoms with Crippen molar-refractivity contribution in [2.45, 2.75) is 26.0 Å². The molecular formula is C21H25N3O3.